The first-order valence-electron chi connectivity index (χ1n) is 4.11. The summed E-state index contributed by atoms with van der Waals surface area (Å²) in [6.07, 6.45) is 1.05. The molecule has 0 fully saturated rings. The van der Waals surface area contributed by atoms with E-state index in [9.17, 15) is 4.79 Å². The Hall–Kier alpha value is -1.05. The number of thiophene rings is 1. The molecule has 3 nitrogen and oxygen atoms in total. The first kappa shape index (κ1) is 11.0. The van der Waals surface area contributed by atoms with E-state index >= 15 is 0 Å². The summed E-state index contributed by atoms with van der Waals surface area (Å²) in [6, 6.07) is 3.69. The minimum Gasteiger partial charge on any atom is -0.317 e. The highest BCUT2D eigenvalue weighted by molar-refractivity contribution is 7.14. The highest BCUT2D eigenvalue weighted by Crippen LogP contribution is 2.22. The molecule has 0 aliphatic heterocycles. The molecule has 1 heterocycles. The van der Waals surface area contributed by atoms with Gasteiger partial charge in [0.1, 0.15) is 11.1 Å². The Morgan fingerprint density at radius 1 is 1.71 bits per heavy atom. The Morgan fingerprint density at radius 3 is 3.14 bits per heavy atom. The van der Waals surface area contributed by atoms with Gasteiger partial charge in [-0.2, -0.15) is 5.26 Å². The molecule has 1 rings (SSSR count). The molecule has 5 heteroatoms. The van der Waals surface area contributed by atoms with Crippen LogP contribution in [0, 0.1) is 11.3 Å². The van der Waals surface area contributed by atoms with E-state index in [-0.39, 0.29) is 5.91 Å². The highest BCUT2D eigenvalue weighted by Gasteiger charge is 2.07. The molecule has 1 aromatic rings. The van der Waals surface area contributed by atoms with Crippen molar-refractivity contribution in [1.82, 2.24) is 0 Å². The van der Waals surface area contributed by atoms with Crippen LogP contribution in [0.2, 0.25) is 0 Å². The van der Waals surface area contributed by atoms with Crippen LogP contribution in [0.25, 0.3) is 0 Å². The molecule has 0 saturated heterocycles. The fraction of sp³-hybridized carbons (Fsp3) is 0.333. The second kappa shape index (κ2) is 5.63. The van der Waals surface area contributed by atoms with Gasteiger partial charge in [0, 0.05) is 12.3 Å². The van der Waals surface area contributed by atoms with Crippen molar-refractivity contribution in [2.45, 2.75) is 12.8 Å². The van der Waals surface area contributed by atoms with Gasteiger partial charge in [-0.25, -0.2) is 0 Å². The van der Waals surface area contributed by atoms with Crippen molar-refractivity contribution in [2.24, 2.45) is 0 Å². The number of hydrogen-bond donors (Lipinski definition) is 1. The zero-order valence-corrected chi connectivity index (χ0v) is 8.99. The molecular weight excluding hydrogens is 220 g/mol. The standard InChI is InChI=1S/C9H9ClN2OS/c10-4-1-2-8(13)12-9-7(6-11)3-5-14-9/h3,5H,1-2,4H2,(H,12,13). The number of anilines is 1. The van der Waals surface area contributed by atoms with E-state index in [2.05, 4.69) is 5.32 Å². The van der Waals surface area contributed by atoms with Crippen LogP contribution in [0.3, 0.4) is 0 Å². The van der Waals surface area contributed by atoms with Gasteiger partial charge in [0.2, 0.25) is 5.91 Å². The van der Waals surface area contributed by atoms with E-state index < -0.39 is 0 Å². The van der Waals surface area contributed by atoms with Crippen LogP contribution in [0.4, 0.5) is 5.00 Å². The van der Waals surface area contributed by atoms with Crippen molar-refractivity contribution < 1.29 is 4.79 Å². The van der Waals surface area contributed by atoms with Crippen molar-refractivity contribution in [3.8, 4) is 6.07 Å². The largest absolute Gasteiger partial charge is 0.317 e. The van der Waals surface area contributed by atoms with E-state index in [0.717, 1.165) is 0 Å². The van der Waals surface area contributed by atoms with Gasteiger partial charge in [0.25, 0.3) is 0 Å². The minimum absolute atomic E-state index is 0.0930. The molecule has 0 aliphatic carbocycles. The number of carbonyl (C=O) groups excluding carboxylic acids is 1. The lowest BCUT2D eigenvalue weighted by Crippen LogP contribution is -2.10. The molecule has 1 N–H and O–H groups in total. The van der Waals surface area contributed by atoms with Gasteiger partial charge < -0.3 is 5.32 Å². The molecule has 74 valence electrons. The number of nitrogens with one attached hydrogen (secondary N) is 1. The predicted molar refractivity (Wildman–Crippen MR) is 57.6 cm³/mol. The van der Waals surface area contributed by atoms with E-state index in [1.807, 2.05) is 6.07 Å². The molecule has 0 spiro atoms. The summed E-state index contributed by atoms with van der Waals surface area (Å²) in [6.45, 7) is 0. The maximum atomic E-state index is 11.3. The molecule has 0 radical (unpaired) electrons. The quantitative estimate of drug-likeness (QED) is 0.806. The van der Waals surface area contributed by atoms with Crippen molar-refractivity contribution in [3.05, 3.63) is 17.0 Å². The summed E-state index contributed by atoms with van der Waals surface area (Å²) in [7, 11) is 0. The Morgan fingerprint density at radius 2 is 2.50 bits per heavy atom. The molecule has 0 bridgehead atoms. The van der Waals surface area contributed by atoms with Crippen LogP contribution < -0.4 is 5.32 Å². The molecule has 0 saturated carbocycles. The van der Waals surface area contributed by atoms with Gasteiger partial charge in [-0.15, -0.1) is 22.9 Å². The third-order valence-corrected chi connectivity index (χ3v) is 2.67. The van der Waals surface area contributed by atoms with Gasteiger partial charge >= 0.3 is 0 Å². The molecule has 0 aromatic carbocycles. The van der Waals surface area contributed by atoms with E-state index in [1.165, 1.54) is 11.3 Å². The fourth-order valence-electron chi connectivity index (χ4n) is 0.911. The van der Waals surface area contributed by atoms with E-state index in [1.54, 1.807) is 11.4 Å². The highest BCUT2D eigenvalue weighted by atomic mass is 35.5. The van der Waals surface area contributed by atoms with Crippen LogP contribution in [0.1, 0.15) is 18.4 Å². The summed E-state index contributed by atoms with van der Waals surface area (Å²) in [5.41, 5.74) is 0.509. The normalized spacial score (nSPS) is 9.43. The summed E-state index contributed by atoms with van der Waals surface area (Å²) in [5.74, 6) is 0.382. The van der Waals surface area contributed by atoms with E-state index in [4.69, 9.17) is 16.9 Å². The lowest BCUT2D eigenvalue weighted by molar-refractivity contribution is -0.116. The average Bonchev–Trinajstić information content (AvgIpc) is 2.62. The third-order valence-electron chi connectivity index (χ3n) is 1.58. The van der Waals surface area contributed by atoms with Crippen molar-refractivity contribution in [3.63, 3.8) is 0 Å². The van der Waals surface area contributed by atoms with Gasteiger partial charge in [0.15, 0.2) is 0 Å². The monoisotopic (exact) mass is 228 g/mol. The number of halogens is 1. The minimum atomic E-state index is -0.0930. The van der Waals surface area contributed by atoms with Crippen LogP contribution in [0.15, 0.2) is 11.4 Å². The topological polar surface area (TPSA) is 52.9 Å². The first-order valence-corrected chi connectivity index (χ1v) is 5.52. The number of nitriles is 1. The summed E-state index contributed by atoms with van der Waals surface area (Å²) >= 11 is 6.80. The Bertz CT molecular complexity index is 356. The van der Waals surface area contributed by atoms with Crippen molar-refractivity contribution in [1.29, 1.82) is 5.26 Å². The maximum Gasteiger partial charge on any atom is 0.225 e. The second-order valence-corrected chi connectivity index (χ2v) is 3.91. The Kier molecular flexibility index (Phi) is 4.44. The third kappa shape index (κ3) is 3.02. The van der Waals surface area contributed by atoms with Gasteiger partial charge in [-0.3, -0.25) is 4.79 Å². The molecule has 1 aromatic heterocycles. The molecular formula is C9H9ClN2OS. The van der Waals surface area contributed by atoms with Crippen molar-refractivity contribution in [2.75, 3.05) is 11.2 Å². The number of hydrogen-bond acceptors (Lipinski definition) is 3. The Balaban J connectivity index is 2.52. The first-order chi connectivity index (χ1) is 6.77. The number of amides is 1. The fourth-order valence-corrected chi connectivity index (χ4v) is 1.80. The molecule has 14 heavy (non-hydrogen) atoms. The summed E-state index contributed by atoms with van der Waals surface area (Å²) < 4.78 is 0. The van der Waals surface area contributed by atoms with Crippen LogP contribution >= 0.6 is 22.9 Å². The van der Waals surface area contributed by atoms with E-state index in [0.29, 0.717) is 29.3 Å². The lowest BCUT2D eigenvalue weighted by atomic mass is 10.3. The van der Waals surface area contributed by atoms with Crippen LogP contribution in [-0.2, 0) is 4.79 Å². The summed E-state index contributed by atoms with van der Waals surface area (Å²) in [5, 5.41) is 13.7. The predicted octanol–water partition coefficient (Wildman–Crippen LogP) is 2.58. The number of rotatable bonds is 4. The Labute approximate surface area is 91.3 Å². The average molecular weight is 229 g/mol. The van der Waals surface area contributed by atoms with Gasteiger partial charge in [-0.1, -0.05) is 0 Å². The smallest absolute Gasteiger partial charge is 0.225 e. The lowest BCUT2D eigenvalue weighted by Gasteiger charge is -2.01. The molecule has 0 aliphatic rings. The van der Waals surface area contributed by atoms with Crippen LogP contribution in [0.5, 0.6) is 0 Å². The molecule has 0 unspecified atom stereocenters. The molecule has 1 amide bonds. The second-order valence-electron chi connectivity index (χ2n) is 2.62. The van der Waals surface area contributed by atoms with Crippen LogP contribution in [-0.4, -0.2) is 11.8 Å². The zero-order valence-electron chi connectivity index (χ0n) is 7.42. The number of carbonyl (C=O) groups is 1. The van der Waals surface area contributed by atoms with Gasteiger partial charge in [0.05, 0.1) is 5.56 Å². The maximum absolute atomic E-state index is 11.3. The SMILES string of the molecule is N#Cc1ccsc1NC(=O)CCCCl. The zero-order chi connectivity index (χ0) is 10.4. The number of nitrogens with zero attached hydrogens (tertiary/aromatic N) is 1. The number of alkyl halides is 1. The molecule has 0 atom stereocenters. The van der Waals surface area contributed by atoms with Crippen molar-refractivity contribution >= 4 is 33.8 Å². The van der Waals surface area contributed by atoms with Gasteiger partial charge in [-0.05, 0) is 17.9 Å². The summed E-state index contributed by atoms with van der Waals surface area (Å²) in [4.78, 5) is 11.3.